The first-order valence-electron chi connectivity index (χ1n) is 8.52. The molecule has 1 aliphatic heterocycles. The van der Waals surface area contributed by atoms with E-state index >= 15 is 0 Å². The molecule has 3 aromatic rings. The Morgan fingerprint density at radius 1 is 1.19 bits per heavy atom. The first kappa shape index (κ1) is 17.5. The van der Waals surface area contributed by atoms with Crippen molar-refractivity contribution >= 4 is 40.3 Å². The van der Waals surface area contributed by atoms with E-state index in [2.05, 4.69) is 25.2 Å². The number of anilines is 1. The second-order valence-electron chi connectivity index (χ2n) is 6.51. The van der Waals surface area contributed by atoms with Crippen LogP contribution in [0.3, 0.4) is 0 Å². The number of nitrogens with zero attached hydrogens (tertiary/aromatic N) is 3. The van der Waals surface area contributed by atoms with Crippen LogP contribution in [0.1, 0.15) is 18.4 Å². The Morgan fingerprint density at radius 3 is 2.81 bits per heavy atom. The summed E-state index contributed by atoms with van der Waals surface area (Å²) in [6.07, 6.45) is 2.13. The van der Waals surface area contributed by atoms with Crippen LogP contribution in [-0.4, -0.2) is 34.1 Å². The van der Waals surface area contributed by atoms with Crippen LogP contribution in [0.4, 0.5) is 10.3 Å². The van der Waals surface area contributed by atoms with E-state index in [0.717, 1.165) is 43.0 Å². The molecule has 1 atom stereocenters. The van der Waals surface area contributed by atoms with Crippen LogP contribution in [0, 0.1) is 5.95 Å². The van der Waals surface area contributed by atoms with Crippen LogP contribution in [0.15, 0.2) is 30.3 Å². The number of aromatic nitrogens is 3. The zero-order chi connectivity index (χ0) is 18.1. The average molecular weight is 394 g/mol. The second kappa shape index (κ2) is 7.39. The highest BCUT2D eigenvalue weighted by Gasteiger charge is 2.22. The largest absolute Gasteiger partial charge is 0.341 e. The SMILES string of the molecule is Fc1ccc2[nH]c(N3CCC[C@H](NCc4cc(Cl)cc(Cl)c4)C3)nc2n1. The van der Waals surface area contributed by atoms with E-state index < -0.39 is 5.95 Å². The maximum Gasteiger partial charge on any atom is 0.215 e. The molecule has 1 saturated heterocycles. The summed E-state index contributed by atoms with van der Waals surface area (Å²) in [5, 5.41) is 4.84. The number of fused-ring (bicyclic) bond motifs is 1. The molecule has 4 rings (SSSR count). The standard InChI is InChI=1S/C18H18Cl2FN5/c19-12-6-11(7-13(20)8-12)9-22-14-2-1-5-26(10-14)18-23-15-3-4-16(21)24-17(15)25-18/h3-4,6-8,14,22H,1-2,5,9-10H2,(H,23,24,25)/t14-/m0/s1. The Balaban J connectivity index is 1.43. The first-order valence-corrected chi connectivity index (χ1v) is 9.28. The van der Waals surface area contributed by atoms with E-state index in [1.807, 2.05) is 12.1 Å². The molecule has 26 heavy (non-hydrogen) atoms. The van der Waals surface area contributed by atoms with Gasteiger partial charge in [0.2, 0.25) is 11.9 Å². The maximum absolute atomic E-state index is 13.3. The number of aromatic amines is 1. The molecule has 136 valence electrons. The molecule has 0 radical (unpaired) electrons. The van der Waals surface area contributed by atoms with Crippen molar-refractivity contribution in [3.8, 4) is 0 Å². The van der Waals surface area contributed by atoms with Gasteiger partial charge < -0.3 is 15.2 Å². The van der Waals surface area contributed by atoms with Gasteiger partial charge in [0.1, 0.15) is 0 Å². The summed E-state index contributed by atoms with van der Waals surface area (Å²) in [6, 6.07) is 8.88. The number of piperidine rings is 1. The molecule has 1 fully saturated rings. The lowest BCUT2D eigenvalue weighted by atomic mass is 10.1. The third kappa shape index (κ3) is 3.92. The molecular weight excluding hydrogens is 376 g/mol. The van der Waals surface area contributed by atoms with Crippen LogP contribution in [-0.2, 0) is 6.54 Å². The maximum atomic E-state index is 13.3. The van der Waals surface area contributed by atoms with Gasteiger partial charge in [-0.2, -0.15) is 14.4 Å². The molecule has 3 heterocycles. The smallest absolute Gasteiger partial charge is 0.215 e. The van der Waals surface area contributed by atoms with E-state index in [1.165, 1.54) is 6.07 Å². The fraction of sp³-hybridized carbons (Fsp3) is 0.333. The van der Waals surface area contributed by atoms with Crippen molar-refractivity contribution in [2.45, 2.75) is 25.4 Å². The average Bonchev–Trinajstić information content (AvgIpc) is 3.03. The van der Waals surface area contributed by atoms with Crippen molar-refractivity contribution in [3.05, 3.63) is 51.9 Å². The zero-order valence-corrected chi connectivity index (χ0v) is 15.5. The van der Waals surface area contributed by atoms with Crippen molar-refractivity contribution in [1.29, 1.82) is 0 Å². The van der Waals surface area contributed by atoms with E-state index in [-0.39, 0.29) is 0 Å². The number of imidazole rings is 1. The van der Waals surface area contributed by atoms with Gasteiger partial charge in [-0.15, -0.1) is 0 Å². The number of halogens is 3. The minimum Gasteiger partial charge on any atom is -0.341 e. The van der Waals surface area contributed by atoms with Crippen LogP contribution in [0.25, 0.3) is 11.2 Å². The number of hydrogen-bond donors (Lipinski definition) is 2. The van der Waals surface area contributed by atoms with Gasteiger partial charge >= 0.3 is 0 Å². The van der Waals surface area contributed by atoms with Gasteiger partial charge in [-0.25, -0.2) is 0 Å². The van der Waals surface area contributed by atoms with Crippen molar-refractivity contribution in [3.63, 3.8) is 0 Å². The summed E-state index contributed by atoms with van der Waals surface area (Å²) in [5.41, 5.74) is 2.21. The van der Waals surface area contributed by atoms with E-state index in [4.69, 9.17) is 23.2 Å². The summed E-state index contributed by atoms with van der Waals surface area (Å²) >= 11 is 12.1. The molecule has 1 aromatic carbocycles. The van der Waals surface area contributed by atoms with Crippen LogP contribution >= 0.6 is 23.2 Å². The first-order chi connectivity index (χ1) is 12.6. The van der Waals surface area contributed by atoms with Crippen LogP contribution < -0.4 is 10.2 Å². The number of H-pyrrole nitrogens is 1. The Labute approximate surface area is 160 Å². The minimum absolute atomic E-state index is 0.319. The minimum atomic E-state index is -0.520. The quantitative estimate of drug-likeness (QED) is 0.653. The lowest BCUT2D eigenvalue weighted by Crippen LogP contribution is -2.45. The summed E-state index contributed by atoms with van der Waals surface area (Å²) in [5.74, 6) is 0.212. The highest BCUT2D eigenvalue weighted by Crippen LogP contribution is 2.22. The number of hydrogen-bond acceptors (Lipinski definition) is 4. The molecule has 8 heteroatoms. The van der Waals surface area contributed by atoms with Gasteiger partial charge in [0.25, 0.3) is 0 Å². The summed E-state index contributed by atoms with van der Waals surface area (Å²) in [4.78, 5) is 13.7. The summed E-state index contributed by atoms with van der Waals surface area (Å²) in [7, 11) is 0. The van der Waals surface area contributed by atoms with Gasteiger partial charge in [-0.1, -0.05) is 23.2 Å². The monoisotopic (exact) mass is 393 g/mol. The van der Waals surface area contributed by atoms with Gasteiger partial charge in [0.15, 0.2) is 5.65 Å². The zero-order valence-electron chi connectivity index (χ0n) is 14.0. The molecule has 2 aromatic heterocycles. The Morgan fingerprint density at radius 2 is 2.00 bits per heavy atom. The third-order valence-corrected chi connectivity index (χ3v) is 4.97. The molecule has 0 saturated carbocycles. The number of nitrogens with one attached hydrogen (secondary N) is 2. The molecular formula is C18H18Cl2FN5. The Bertz CT molecular complexity index is 909. The summed E-state index contributed by atoms with van der Waals surface area (Å²) in [6.45, 7) is 2.42. The number of pyridine rings is 1. The molecule has 1 aliphatic rings. The van der Waals surface area contributed by atoms with Crippen molar-refractivity contribution in [2.24, 2.45) is 0 Å². The van der Waals surface area contributed by atoms with Crippen molar-refractivity contribution < 1.29 is 4.39 Å². The van der Waals surface area contributed by atoms with Gasteiger partial charge in [0, 0.05) is 35.7 Å². The number of rotatable bonds is 4. The Kier molecular flexibility index (Phi) is 4.98. The van der Waals surface area contributed by atoms with Gasteiger partial charge in [-0.3, -0.25) is 0 Å². The fourth-order valence-corrected chi connectivity index (χ4v) is 3.89. The highest BCUT2D eigenvalue weighted by atomic mass is 35.5. The fourth-order valence-electron chi connectivity index (χ4n) is 3.32. The Hall–Kier alpha value is -1.89. The summed E-state index contributed by atoms with van der Waals surface area (Å²) < 4.78 is 13.3. The lowest BCUT2D eigenvalue weighted by Gasteiger charge is -2.33. The van der Waals surface area contributed by atoms with Crippen molar-refractivity contribution in [2.75, 3.05) is 18.0 Å². The predicted molar refractivity (Wildman–Crippen MR) is 102 cm³/mol. The molecule has 0 bridgehead atoms. The normalized spacial score (nSPS) is 17.8. The molecule has 2 N–H and O–H groups in total. The lowest BCUT2D eigenvalue weighted by molar-refractivity contribution is 0.419. The molecule has 0 spiro atoms. The highest BCUT2D eigenvalue weighted by molar-refractivity contribution is 6.34. The molecule has 0 unspecified atom stereocenters. The van der Waals surface area contributed by atoms with E-state index in [1.54, 1.807) is 12.1 Å². The predicted octanol–water partition coefficient (Wildman–Crippen LogP) is 4.16. The van der Waals surface area contributed by atoms with Gasteiger partial charge in [-0.05, 0) is 48.7 Å². The third-order valence-electron chi connectivity index (χ3n) is 4.54. The van der Waals surface area contributed by atoms with Crippen LogP contribution in [0.5, 0.6) is 0 Å². The van der Waals surface area contributed by atoms with E-state index in [0.29, 0.717) is 28.3 Å². The molecule has 5 nitrogen and oxygen atoms in total. The molecule has 0 amide bonds. The van der Waals surface area contributed by atoms with E-state index in [9.17, 15) is 4.39 Å². The van der Waals surface area contributed by atoms with Crippen molar-refractivity contribution in [1.82, 2.24) is 20.3 Å². The second-order valence-corrected chi connectivity index (χ2v) is 7.38. The topological polar surface area (TPSA) is 56.8 Å². The molecule has 0 aliphatic carbocycles. The number of benzene rings is 1. The van der Waals surface area contributed by atoms with Crippen LogP contribution in [0.2, 0.25) is 10.0 Å². The van der Waals surface area contributed by atoms with Gasteiger partial charge in [0.05, 0.1) is 5.52 Å².